The summed E-state index contributed by atoms with van der Waals surface area (Å²) >= 11 is 12.1. The van der Waals surface area contributed by atoms with Crippen LogP contribution >= 0.6 is 23.2 Å². The minimum absolute atomic E-state index is 0. The van der Waals surface area contributed by atoms with Gasteiger partial charge in [-0.05, 0) is 29.8 Å². The predicted octanol–water partition coefficient (Wildman–Crippen LogP) is 4.83. The van der Waals surface area contributed by atoms with E-state index in [1.165, 1.54) is 10.9 Å². The Morgan fingerprint density at radius 2 is 1.63 bits per heavy atom. The number of hydrogen-bond donors (Lipinski definition) is 2. The molecule has 1 heterocycles. The number of rotatable bonds is 7. The van der Waals surface area contributed by atoms with Gasteiger partial charge in [0.15, 0.2) is 0 Å². The van der Waals surface area contributed by atoms with Crippen molar-refractivity contribution >= 4 is 29.1 Å². The summed E-state index contributed by atoms with van der Waals surface area (Å²) < 4.78 is 1.31. The second-order valence-electron chi connectivity index (χ2n) is 7.43. The van der Waals surface area contributed by atoms with Crippen molar-refractivity contribution in [2.75, 3.05) is 0 Å². The van der Waals surface area contributed by atoms with Crippen molar-refractivity contribution in [3.8, 4) is 16.8 Å². The number of hydrogen-bond acceptors (Lipinski definition) is 4. The number of aliphatic hydroxyl groups excluding tert-OH is 1. The topological polar surface area (TPSA) is 84.2 Å². The van der Waals surface area contributed by atoms with E-state index in [4.69, 9.17) is 23.2 Å². The van der Waals surface area contributed by atoms with Crippen molar-refractivity contribution in [2.45, 2.75) is 13.0 Å². The maximum Gasteiger partial charge on any atom is 0.279 e. The van der Waals surface area contributed by atoms with Crippen molar-refractivity contribution in [3.05, 3.63) is 123 Å². The number of aromatic nitrogens is 2. The van der Waals surface area contributed by atoms with E-state index < -0.39 is 5.91 Å². The third kappa shape index (κ3) is 6.27. The number of amides is 1. The van der Waals surface area contributed by atoms with Gasteiger partial charge in [-0.25, -0.2) is 6.54 Å². The number of halogens is 2. The second kappa shape index (κ2) is 12.6. The number of carbonyl (C=O) groups excluding carboxylic acids is 1. The molecule has 3 aromatic carbocycles. The first-order valence-electron chi connectivity index (χ1n) is 10.4. The summed E-state index contributed by atoms with van der Waals surface area (Å²) in [7, 11) is 0. The van der Waals surface area contributed by atoms with E-state index >= 15 is 0 Å². The summed E-state index contributed by atoms with van der Waals surface area (Å²) in [6.07, 6.45) is 1.95. The van der Waals surface area contributed by atoms with Crippen molar-refractivity contribution in [1.29, 1.82) is 0 Å². The van der Waals surface area contributed by atoms with Crippen LogP contribution in [-0.4, -0.2) is 20.8 Å². The van der Waals surface area contributed by atoms with Crippen molar-refractivity contribution < 1.29 is 42.6 Å². The average Bonchev–Trinajstić information content (AvgIpc) is 2.85. The monoisotopic (exact) mass is 581 g/mol. The zero-order valence-corrected chi connectivity index (χ0v) is 22.8. The molecule has 0 spiro atoms. The molecule has 6 nitrogen and oxygen atoms in total. The Bertz CT molecular complexity index is 1360. The van der Waals surface area contributed by atoms with Crippen LogP contribution in [0.5, 0.6) is 0 Å². The molecule has 1 radical (unpaired) electrons. The van der Waals surface area contributed by atoms with E-state index in [9.17, 15) is 14.7 Å². The average molecular weight is 582 g/mol. The summed E-state index contributed by atoms with van der Waals surface area (Å²) in [4.78, 5) is 25.6. The van der Waals surface area contributed by atoms with Gasteiger partial charge in [-0.15, -0.1) is 6.42 Å². The SMILES string of the molecule is O=C(N[CH-]Cc1ccc(-c2c(CO)cnn(-c3ccccc3)c2=O)cc1)c1c(Cl)cccc1Cl.[Y]. The molecule has 0 aliphatic rings. The third-order valence-electron chi connectivity index (χ3n) is 5.23. The summed E-state index contributed by atoms with van der Waals surface area (Å²) in [6.45, 7) is 1.31. The van der Waals surface area contributed by atoms with Crippen molar-refractivity contribution in [3.63, 3.8) is 0 Å². The summed E-state index contributed by atoms with van der Waals surface area (Å²) in [5.41, 5.74) is 2.95. The van der Waals surface area contributed by atoms with E-state index in [-0.39, 0.29) is 60.5 Å². The smallest absolute Gasteiger partial charge is 0.279 e. The van der Waals surface area contributed by atoms with E-state index in [1.807, 2.05) is 30.3 Å². The number of para-hydroxylation sites is 1. The molecule has 35 heavy (non-hydrogen) atoms. The van der Waals surface area contributed by atoms with Gasteiger partial charge in [0.2, 0.25) is 5.91 Å². The zero-order valence-electron chi connectivity index (χ0n) is 18.5. The molecule has 1 aromatic heterocycles. The van der Waals surface area contributed by atoms with Gasteiger partial charge >= 0.3 is 0 Å². The molecule has 4 aromatic rings. The van der Waals surface area contributed by atoms with Crippen LogP contribution in [-0.2, 0) is 45.7 Å². The number of nitrogens with zero attached hydrogens (tertiary/aromatic N) is 2. The molecule has 0 saturated carbocycles. The molecule has 0 saturated heterocycles. The molecule has 2 N–H and O–H groups in total. The maximum atomic E-state index is 13.2. The molecule has 0 atom stereocenters. The van der Waals surface area contributed by atoms with Crippen LogP contribution in [0.1, 0.15) is 21.5 Å². The fourth-order valence-electron chi connectivity index (χ4n) is 3.53. The van der Waals surface area contributed by atoms with Gasteiger partial charge in [-0.3, -0.25) is 9.59 Å². The number of nitrogens with one attached hydrogen (secondary N) is 1. The Morgan fingerprint density at radius 1 is 0.971 bits per heavy atom. The Balaban J connectivity index is 0.00000342. The number of aliphatic hydroxyl groups is 1. The standard InChI is InChI=1S/C26H20Cl2N3O3.Y/c27-21-7-4-8-22(28)24(21)25(33)29-14-13-17-9-11-18(12-10-17)23-19(16-32)15-30-31(26(23)34)20-5-2-1-3-6-20;/h1-12,14-15,32H,13,16H2,(H,29,33);/q-1;. The Labute approximate surface area is 237 Å². The largest absolute Gasteiger partial charge is 0.501 e. The van der Waals surface area contributed by atoms with Crippen LogP contribution in [0.15, 0.2) is 83.8 Å². The van der Waals surface area contributed by atoms with Crippen LogP contribution in [0.4, 0.5) is 0 Å². The number of carbonyl (C=O) groups is 1. The maximum absolute atomic E-state index is 13.2. The van der Waals surface area contributed by atoms with E-state index in [0.29, 0.717) is 28.8 Å². The van der Waals surface area contributed by atoms with Gasteiger partial charge in [0, 0.05) is 38.3 Å². The molecule has 9 heteroatoms. The molecule has 0 unspecified atom stereocenters. The summed E-state index contributed by atoms with van der Waals surface area (Å²) in [6, 6.07) is 21.3. The molecule has 0 bridgehead atoms. The molecule has 4 rings (SSSR count). The van der Waals surface area contributed by atoms with Gasteiger partial charge < -0.3 is 10.4 Å². The fourth-order valence-corrected chi connectivity index (χ4v) is 4.09. The van der Waals surface area contributed by atoms with Crippen molar-refractivity contribution in [1.82, 2.24) is 15.1 Å². The van der Waals surface area contributed by atoms with Gasteiger partial charge in [-0.2, -0.15) is 9.78 Å². The minimum Gasteiger partial charge on any atom is -0.501 e. The zero-order chi connectivity index (χ0) is 24.1. The first kappa shape index (κ1) is 27.2. The molecular formula is C26H20Cl2N3O3Y-. The summed E-state index contributed by atoms with van der Waals surface area (Å²) in [5.74, 6) is -0.391. The predicted molar refractivity (Wildman–Crippen MR) is 133 cm³/mol. The van der Waals surface area contributed by atoms with Crippen LogP contribution in [0.3, 0.4) is 0 Å². The van der Waals surface area contributed by atoms with E-state index in [2.05, 4.69) is 10.4 Å². The minimum atomic E-state index is -0.391. The molecule has 1 amide bonds. The first-order valence-corrected chi connectivity index (χ1v) is 11.2. The Hall–Kier alpha value is -2.35. The van der Waals surface area contributed by atoms with Gasteiger partial charge in [0.1, 0.15) is 0 Å². The fraction of sp³-hybridized carbons (Fsp3) is 0.0769. The van der Waals surface area contributed by atoms with E-state index in [1.54, 1.807) is 49.0 Å². The van der Waals surface area contributed by atoms with Crippen LogP contribution in [0.25, 0.3) is 16.8 Å². The van der Waals surface area contributed by atoms with Crippen molar-refractivity contribution in [2.24, 2.45) is 0 Å². The summed E-state index contributed by atoms with van der Waals surface area (Å²) in [5, 5.41) is 17.2. The van der Waals surface area contributed by atoms with Gasteiger partial charge in [-0.1, -0.05) is 77.3 Å². The quantitative estimate of drug-likeness (QED) is 0.306. The Morgan fingerprint density at radius 3 is 2.26 bits per heavy atom. The van der Waals surface area contributed by atoms with Crippen LogP contribution < -0.4 is 10.9 Å². The number of benzene rings is 3. The van der Waals surface area contributed by atoms with E-state index in [0.717, 1.165) is 5.56 Å². The molecule has 175 valence electrons. The molecular weight excluding hydrogens is 562 g/mol. The normalized spacial score (nSPS) is 10.5. The third-order valence-corrected chi connectivity index (χ3v) is 5.86. The molecule has 0 fully saturated rings. The molecule has 0 aliphatic carbocycles. The second-order valence-corrected chi connectivity index (χ2v) is 8.25. The molecule has 0 aliphatic heterocycles. The first-order chi connectivity index (χ1) is 16.5. The van der Waals surface area contributed by atoms with Gasteiger partial charge in [0.05, 0.1) is 39.7 Å². The van der Waals surface area contributed by atoms with Crippen LogP contribution in [0, 0.1) is 6.54 Å². The van der Waals surface area contributed by atoms with Gasteiger partial charge in [0.25, 0.3) is 5.56 Å². The Kier molecular flexibility index (Phi) is 9.78. The van der Waals surface area contributed by atoms with Crippen LogP contribution in [0.2, 0.25) is 10.0 Å².